The molecule has 1 aromatic carbocycles. The molecular weight excluding hydrogens is 436 g/mol. The van der Waals surface area contributed by atoms with E-state index in [0.717, 1.165) is 53.0 Å². The van der Waals surface area contributed by atoms with Crippen molar-refractivity contribution in [3.63, 3.8) is 0 Å². The van der Waals surface area contributed by atoms with Crippen LogP contribution >= 0.6 is 0 Å². The summed E-state index contributed by atoms with van der Waals surface area (Å²) in [7, 11) is 3.99. The number of nitriles is 1. The minimum absolute atomic E-state index is 0.0566. The number of likely N-dealkylation sites (N-methyl/N-ethyl adjacent to an activating group) is 1. The first-order valence-corrected chi connectivity index (χ1v) is 12.1. The molecule has 3 heterocycles. The predicted molar refractivity (Wildman–Crippen MR) is 135 cm³/mol. The summed E-state index contributed by atoms with van der Waals surface area (Å²) >= 11 is 0. The zero-order chi connectivity index (χ0) is 24.5. The molecular formula is C28H30N6O. The molecule has 1 aliphatic heterocycles. The summed E-state index contributed by atoms with van der Waals surface area (Å²) in [4.78, 5) is 21.6. The van der Waals surface area contributed by atoms with Crippen molar-refractivity contribution in [2.24, 2.45) is 5.92 Å². The number of rotatable bonds is 6. The molecule has 3 aromatic rings. The monoisotopic (exact) mass is 466 g/mol. The summed E-state index contributed by atoms with van der Waals surface area (Å²) in [6, 6.07) is 12.1. The Bertz CT molecular complexity index is 1310. The first-order chi connectivity index (χ1) is 17.0. The van der Waals surface area contributed by atoms with E-state index in [1.165, 1.54) is 0 Å². The van der Waals surface area contributed by atoms with Crippen molar-refractivity contribution in [3.8, 4) is 28.5 Å². The molecule has 0 saturated heterocycles. The number of fused-ring (bicyclic) bond motifs is 1. The van der Waals surface area contributed by atoms with Crippen LogP contribution in [0.15, 0.2) is 54.9 Å². The molecule has 35 heavy (non-hydrogen) atoms. The van der Waals surface area contributed by atoms with Crippen molar-refractivity contribution < 1.29 is 4.79 Å². The minimum Gasteiger partial charge on any atom is -0.328 e. The molecule has 0 radical (unpaired) electrons. The van der Waals surface area contributed by atoms with Crippen molar-refractivity contribution in [3.05, 3.63) is 71.7 Å². The van der Waals surface area contributed by atoms with Crippen LogP contribution in [0.1, 0.15) is 29.7 Å². The number of nitrogens with zero attached hydrogens (tertiary/aromatic N) is 6. The third-order valence-electron chi connectivity index (χ3n) is 6.91. The fourth-order valence-electron chi connectivity index (χ4n) is 4.91. The number of benzene rings is 1. The van der Waals surface area contributed by atoms with Crippen LogP contribution in [0, 0.1) is 24.2 Å². The second-order valence-corrected chi connectivity index (χ2v) is 9.77. The molecule has 7 heteroatoms. The van der Waals surface area contributed by atoms with E-state index in [2.05, 4.69) is 15.7 Å². The van der Waals surface area contributed by atoms with Gasteiger partial charge >= 0.3 is 0 Å². The number of pyridine rings is 1. The van der Waals surface area contributed by atoms with Gasteiger partial charge in [-0.05, 0) is 75.2 Å². The Labute approximate surface area is 206 Å². The predicted octanol–water partition coefficient (Wildman–Crippen LogP) is 4.03. The summed E-state index contributed by atoms with van der Waals surface area (Å²) in [5, 5.41) is 14.6. The highest BCUT2D eigenvalue weighted by atomic mass is 16.2. The maximum atomic E-state index is 13.3. The zero-order valence-electron chi connectivity index (χ0n) is 20.5. The van der Waals surface area contributed by atoms with Gasteiger partial charge in [0.2, 0.25) is 5.91 Å². The summed E-state index contributed by atoms with van der Waals surface area (Å²) < 4.78 is 2.10. The number of carbonyl (C=O) groups excluding carboxylic acids is 1. The molecule has 2 aliphatic rings. The molecule has 1 saturated carbocycles. The van der Waals surface area contributed by atoms with Gasteiger partial charge in [-0.1, -0.05) is 12.1 Å². The normalized spacial score (nSPS) is 17.6. The topological polar surface area (TPSA) is 78.0 Å². The van der Waals surface area contributed by atoms with Gasteiger partial charge in [-0.2, -0.15) is 10.4 Å². The van der Waals surface area contributed by atoms with Gasteiger partial charge in [0.1, 0.15) is 5.69 Å². The fraction of sp³-hybridized carbons (Fsp3) is 0.357. The molecule has 0 unspecified atom stereocenters. The average Bonchev–Trinajstić information content (AvgIpc) is 3.64. The Hall–Kier alpha value is -3.76. The Morgan fingerprint density at radius 3 is 2.69 bits per heavy atom. The van der Waals surface area contributed by atoms with E-state index < -0.39 is 0 Å². The summed E-state index contributed by atoms with van der Waals surface area (Å²) in [6.45, 7) is 3.96. The van der Waals surface area contributed by atoms with Crippen molar-refractivity contribution in [2.45, 2.75) is 38.9 Å². The second-order valence-electron chi connectivity index (χ2n) is 9.77. The molecule has 0 bridgehead atoms. The van der Waals surface area contributed by atoms with Crippen LogP contribution in [0.3, 0.4) is 0 Å². The lowest BCUT2D eigenvalue weighted by Gasteiger charge is -2.36. The molecule has 1 aliphatic carbocycles. The first-order valence-electron chi connectivity index (χ1n) is 12.1. The lowest BCUT2D eigenvalue weighted by molar-refractivity contribution is -0.130. The first kappa shape index (κ1) is 23.0. The van der Waals surface area contributed by atoms with Gasteiger partial charge in [0.15, 0.2) is 0 Å². The van der Waals surface area contributed by atoms with E-state index in [0.29, 0.717) is 24.6 Å². The maximum Gasteiger partial charge on any atom is 0.246 e. The molecule has 5 rings (SSSR count). The number of aryl methyl sites for hydroxylation is 1. The lowest BCUT2D eigenvalue weighted by Crippen LogP contribution is -2.47. The van der Waals surface area contributed by atoms with E-state index in [1.54, 1.807) is 18.5 Å². The number of amides is 1. The maximum absolute atomic E-state index is 13.3. The third kappa shape index (κ3) is 4.62. The van der Waals surface area contributed by atoms with Crippen LogP contribution in [-0.4, -0.2) is 57.2 Å². The average molecular weight is 467 g/mol. The summed E-state index contributed by atoms with van der Waals surface area (Å²) in [5.41, 5.74) is 6.52. The van der Waals surface area contributed by atoms with Crippen LogP contribution < -0.4 is 0 Å². The molecule has 2 aromatic heterocycles. The Balaban J connectivity index is 1.62. The van der Waals surface area contributed by atoms with Crippen molar-refractivity contribution >= 4 is 5.91 Å². The van der Waals surface area contributed by atoms with Gasteiger partial charge in [0, 0.05) is 36.1 Å². The fourth-order valence-corrected chi connectivity index (χ4v) is 4.91. The third-order valence-corrected chi connectivity index (χ3v) is 6.91. The van der Waals surface area contributed by atoms with E-state index in [9.17, 15) is 10.1 Å². The van der Waals surface area contributed by atoms with Crippen LogP contribution in [0.25, 0.3) is 22.4 Å². The van der Waals surface area contributed by atoms with Crippen molar-refractivity contribution in [2.75, 3.05) is 20.6 Å². The molecule has 1 fully saturated rings. The standard InChI is InChI=1S/C28H30N6O/c1-19-6-7-20(16-29)15-23(19)28-27(22-10-12-30-13-11-22)25-17-33(26(35)5-4-14-32(2)3)24(21-8-9-21)18-34(25)31-28/h4-7,10-13,15,21,24H,8-9,14,17-18H2,1-3H3/b5-4+/t24-/m1/s1. The number of carbonyl (C=O) groups is 1. The van der Waals surface area contributed by atoms with E-state index in [4.69, 9.17) is 5.10 Å². The highest BCUT2D eigenvalue weighted by molar-refractivity contribution is 5.89. The molecule has 1 atom stereocenters. The van der Waals surface area contributed by atoms with Crippen LogP contribution in [-0.2, 0) is 17.9 Å². The van der Waals surface area contributed by atoms with Gasteiger partial charge in [-0.3, -0.25) is 14.5 Å². The molecule has 0 spiro atoms. The van der Waals surface area contributed by atoms with E-state index in [1.807, 2.05) is 67.2 Å². The zero-order valence-corrected chi connectivity index (χ0v) is 20.5. The van der Waals surface area contributed by atoms with Crippen LogP contribution in [0.4, 0.5) is 0 Å². The summed E-state index contributed by atoms with van der Waals surface area (Å²) in [6.07, 6.45) is 9.52. The molecule has 7 nitrogen and oxygen atoms in total. The SMILES string of the molecule is Cc1ccc(C#N)cc1-c1nn2c(c1-c1ccncc1)CN(C(=O)/C=C/CN(C)C)[C@@H](C1CC1)C2. The van der Waals surface area contributed by atoms with E-state index >= 15 is 0 Å². The Kier molecular flexibility index (Phi) is 6.23. The smallest absolute Gasteiger partial charge is 0.246 e. The van der Waals surface area contributed by atoms with Gasteiger partial charge in [-0.15, -0.1) is 0 Å². The molecule has 0 N–H and O–H groups in total. The van der Waals surface area contributed by atoms with Gasteiger partial charge < -0.3 is 9.80 Å². The van der Waals surface area contributed by atoms with Gasteiger partial charge in [-0.25, -0.2) is 0 Å². The Morgan fingerprint density at radius 1 is 1.23 bits per heavy atom. The highest BCUT2D eigenvalue weighted by Gasteiger charge is 2.41. The van der Waals surface area contributed by atoms with Crippen molar-refractivity contribution in [1.29, 1.82) is 5.26 Å². The largest absolute Gasteiger partial charge is 0.328 e. The number of hydrogen-bond donors (Lipinski definition) is 0. The highest BCUT2D eigenvalue weighted by Crippen LogP contribution is 2.43. The minimum atomic E-state index is 0.0566. The Morgan fingerprint density at radius 2 is 2.00 bits per heavy atom. The molecule has 1 amide bonds. The number of aromatic nitrogens is 3. The number of hydrogen-bond acceptors (Lipinski definition) is 5. The van der Waals surface area contributed by atoms with Gasteiger partial charge in [0.25, 0.3) is 0 Å². The summed E-state index contributed by atoms with van der Waals surface area (Å²) in [5.74, 6) is 0.580. The van der Waals surface area contributed by atoms with Crippen LogP contribution in [0.5, 0.6) is 0 Å². The molecule has 178 valence electrons. The lowest BCUT2D eigenvalue weighted by atomic mass is 9.94. The van der Waals surface area contributed by atoms with Crippen molar-refractivity contribution in [1.82, 2.24) is 24.6 Å². The van der Waals surface area contributed by atoms with Gasteiger partial charge in [0.05, 0.1) is 36.5 Å². The quantitative estimate of drug-likeness (QED) is 0.513. The second kappa shape index (κ2) is 9.47. The van der Waals surface area contributed by atoms with E-state index in [-0.39, 0.29) is 11.9 Å². The van der Waals surface area contributed by atoms with Crippen LogP contribution in [0.2, 0.25) is 0 Å².